The number of benzene rings is 3. The van der Waals surface area contributed by atoms with Gasteiger partial charge in [-0.15, -0.1) is 11.6 Å². The first-order valence-electron chi connectivity index (χ1n) is 15.2. The van der Waals surface area contributed by atoms with E-state index < -0.39 is 0 Å². The molecule has 3 aliphatic heterocycles. The quantitative estimate of drug-likeness (QED) is 0.260. The number of likely N-dealkylation sites (tertiary alicyclic amines) is 2. The predicted molar refractivity (Wildman–Crippen MR) is 171 cm³/mol. The number of anilines is 1. The highest BCUT2D eigenvalue weighted by molar-refractivity contribution is 6.19. The standard InChI is InChI=1S/C34H39ClN4O4/c1-37-10-7-34(21-37)8-11-38(12-9-34)13-14-43-31-16-22-15-27(36-26(22)17-30(31)42-2)33(41)39-20-23(19-35)32-25-6-4-3-5-24(25)29(40)18-28(32)39/h3-6,15-18,23,36,40H,7-14,19-21H2,1-2H3/t23-/m1/s1. The molecule has 8 nitrogen and oxygen atoms in total. The molecular formula is C34H39ClN4O4. The van der Waals surface area contributed by atoms with E-state index in [0.29, 0.717) is 47.3 Å². The molecular weight excluding hydrogens is 564 g/mol. The number of carbonyl (C=O) groups is 1. The van der Waals surface area contributed by atoms with Crippen LogP contribution in [0.4, 0.5) is 5.69 Å². The summed E-state index contributed by atoms with van der Waals surface area (Å²) in [6.07, 6.45) is 3.84. The Balaban J connectivity index is 1.07. The Kier molecular flexibility index (Phi) is 7.40. The number of amides is 1. The molecule has 2 N–H and O–H groups in total. The number of aromatic hydroxyl groups is 1. The summed E-state index contributed by atoms with van der Waals surface area (Å²) in [7, 11) is 3.87. The number of methoxy groups -OCH3 is 1. The number of piperidine rings is 1. The Morgan fingerprint density at radius 1 is 1.07 bits per heavy atom. The van der Waals surface area contributed by atoms with Crippen LogP contribution in [0.2, 0.25) is 0 Å². The minimum absolute atomic E-state index is 0.0273. The van der Waals surface area contributed by atoms with Gasteiger partial charge in [0.1, 0.15) is 18.1 Å². The molecule has 4 heterocycles. The van der Waals surface area contributed by atoms with Gasteiger partial charge in [0.2, 0.25) is 0 Å². The van der Waals surface area contributed by atoms with Crippen LogP contribution in [-0.2, 0) is 0 Å². The number of nitrogens with zero attached hydrogens (tertiary/aromatic N) is 3. The largest absolute Gasteiger partial charge is 0.507 e. The normalized spacial score (nSPS) is 20.3. The summed E-state index contributed by atoms with van der Waals surface area (Å²) in [4.78, 5) is 23.9. The molecule has 1 atom stereocenters. The number of phenols is 1. The van der Waals surface area contributed by atoms with Gasteiger partial charge >= 0.3 is 0 Å². The molecule has 0 bridgehead atoms. The zero-order valence-corrected chi connectivity index (χ0v) is 25.6. The van der Waals surface area contributed by atoms with E-state index >= 15 is 0 Å². The van der Waals surface area contributed by atoms with Crippen molar-refractivity contribution in [1.82, 2.24) is 14.8 Å². The molecule has 1 spiro atoms. The number of ether oxygens (including phenoxy) is 2. The highest BCUT2D eigenvalue weighted by Gasteiger charge is 2.39. The molecule has 1 amide bonds. The van der Waals surface area contributed by atoms with Gasteiger partial charge in [-0.1, -0.05) is 24.3 Å². The number of carbonyl (C=O) groups excluding carboxylic acids is 1. The van der Waals surface area contributed by atoms with Crippen LogP contribution in [0.5, 0.6) is 17.2 Å². The Morgan fingerprint density at radius 3 is 2.56 bits per heavy atom. The van der Waals surface area contributed by atoms with Crippen molar-refractivity contribution in [3.8, 4) is 17.2 Å². The van der Waals surface area contributed by atoms with Crippen LogP contribution in [0, 0.1) is 5.41 Å². The summed E-state index contributed by atoms with van der Waals surface area (Å²) >= 11 is 6.39. The zero-order valence-electron chi connectivity index (χ0n) is 24.9. The van der Waals surface area contributed by atoms with Crippen molar-refractivity contribution in [3.05, 3.63) is 59.8 Å². The molecule has 3 aromatic carbocycles. The van der Waals surface area contributed by atoms with Gasteiger partial charge in [0.25, 0.3) is 5.91 Å². The van der Waals surface area contributed by atoms with E-state index in [1.807, 2.05) is 42.5 Å². The molecule has 1 aromatic heterocycles. The van der Waals surface area contributed by atoms with Gasteiger partial charge < -0.3 is 29.4 Å². The van der Waals surface area contributed by atoms with Crippen molar-refractivity contribution in [2.24, 2.45) is 5.41 Å². The molecule has 0 saturated carbocycles. The number of fused-ring (bicyclic) bond motifs is 4. The number of phenolic OH excluding ortho intramolecular Hbond substituents is 1. The summed E-state index contributed by atoms with van der Waals surface area (Å²) in [6, 6.07) is 15.1. The monoisotopic (exact) mass is 602 g/mol. The first-order valence-corrected chi connectivity index (χ1v) is 15.8. The average Bonchev–Trinajstić information content (AvgIpc) is 3.72. The minimum atomic E-state index is -0.169. The SMILES string of the molecule is COc1cc2[nH]c(C(=O)N3C[C@@H](CCl)c4c3cc(O)c3ccccc43)cc2cc1OCCN1CCC2(CCN(C)C2)CC1. The number of aromatic amines is 1. The molecule has 9 heteroatoms. The lowest BCUT2D eigenvalue weighted by atomic mass is 9.78. The van der Waals surface area contributed by atoms with Crippen LogP contribution in [0.1, 0.15) is 41.2 Å². The predicted octanol–water partition coefficient (Wildman–Crippen LogP) is 5.81. The fraction of sp³-hybridized carbons (Fsp3) is 0.441. The average molecular weight is 603 g/mol. The lowest BCUT2D eigenvalue weighted by molar-refractivity contribution is 0.0976. The molecule has 7 rings (SSSR count). The van der Waals surface area contributed by atoms with E-state index in [4.69, 9.17) is 21.1 Å². The number of halogens is 1. The topological polar surface area (TPSA) is 81.3 Å². The van der Waals surface area contributed by atoms with Crippen LogP contribution in [-0.4, -0.2) is 91.7 Å². The lowest BCUT2D eigenvalue weighted by Gasteiger charge is -2.39. The second-order valence-corrected chi connectivity index (χ2v) is 12.9. The first kappa shape index (κ1) is 28.3. The molecule has 43 heavy (non-hydrogen) atoms. The molecule has 0 radical (unpaired) electrons. The van der Waals surface area contributed by atoms with Crippen LogP contribution >= 0.6 is 11.6 Å². The summed E-state index contributed by atoms with van der Waals surface area (Å²) in [5, 5.41) is 13.3. The van der Waals surface area contributed by atoms with Gasteiger partial charge in [-0.3, -0.25) is 9.69 Å². The van der Waals surface area contributed by atoms with Gasteiger partial charge in [-0.25, -0.2) is 0 Å². The van der Waals surface area contributed by atoms with E-state index in [0.717, 1.165) is 46.9 Å². The number of aromatic nitrogens is 1. The molecule has 0 unspecified atom stereocenters. The molecule has 2 fully saturated rings. The summed E-state index contributed by atoms with van der Waals surface area (Å²) in [6.45, 7) is 6.59. The Hall–Kier alpha value is -3.46. The fourth-order valence-electron chi connectivity index (χ4n) is 7.52. The highest BCUT2D eigenvalue weighted by Crippen LogP contribution is 2.46. The van der Waals surface area contributed by atoms with Crippen molar-refractivity contribution in [2.75, 3.05) is 70.8 Å². The number of nitrogens with one attached hydrogen (secondary N) is 1. The maximum Gasteiger partial charge on any atom is 0.274 e. The van der Waals surface area contributed by atoms with E-state index in [2.05, 4.69) is 21.8 Å². The number of rotatable bonds is 7. The van der Waals surface area contributed by atoms with Crippen LogP contribution in [0.25, 0.3) is 21.7 Å². The van der Waals surface area contributed by atoms with Crippen LogP contribution in [0.3, 0.4) is 0 Å². The van der Waals surface area contributed by atoms with Crippen molar-refractivity contribution in [1.29, 1.82) is 0 Å². The number of hydrogen-bond donors (Lipinski definition) is 2. The van der Waals surface area contributed by atoms with Gasteiger partial charge in [-0.2, -0.15) is 0 Å². The third-order valence-electron chi connectivity index (χ3n) is 9.92. The van der Waals surface area contributed by atoms with Crippen molar-refractivity contribution < 1.29 is 19.4 Å². The molecule has 2 saturated heterocycles. The highest BCUT2D eigenvalue weighted by atomic mass is 35.5. The summed E-state index contributed by atoms with van der Waals surface area (Å²) < 4.78 is 11.9. The Morgan fingerprint density at radius 2 is 1.84 bits per heavy atom. The smallest absolute Gasteiger partial charge is 0.274 e. The van der Waals surface area contributed by atoms with Crippen molar-refractivity contribution in [3.63, 3.8) is 0 Å². The van der Waals surface area contributed by atoms with Gasteiger partial charge in [0.15, 0.2) is 11.5 Å². The summed E-state index contributed by atoms with van der Waals surface area (Å²) in [5.74, 6) is 1.64. The second kappa shape index (κ2) is 11.2. The zero-order chi connectivity index (χ0) is 29.7. The Labute approximate surface area is 257 Å². The minimum Gasteiger partial charge on any atom is -0.507 e. The maximum absolute atomic E-state index is 13.9. The third-order valence-corrected chi connectivity index (χ3v) is 10.3. The first-order chi connectivity index (χ1) is 20.9. The lowest BCUT2D eigenvalue weighted by Crippen LogP contribution is -2.42. The Bertz CT molecular complexity index is 1680. The third kappa shape index (κ3) is 5.09. The van der Waals surface area contributed by atoms with Gasteiger partial charge in [0, 0.05) is 59.9 Å². The van der Waals surface area contributed by atoms with Crippen LogP contribution < -0.4 is 14.4 Å². The van der Waals surface area contributed by atoms with Crippen molar-refractivity contribution in [2.45, 2.75) is 25.2 Å². The van der Waals surface area contributed by atoms with E-state index in [9.17, 15) is 9.90 Å². The second-order valence-electron chi connectivity index (χ2n) is 12.6. The van der Waals surface area contributed by atoms with Gasteiger partial charge in [-0.05, 0) is 74.4 Å². The molecule has 3 aliphatic rings. The fourth-order valence-corrected chi connectivity index (χ4v) is 7.77. The van der Waals surface area contributed by atoms with Crippen LogP contribution in [0.15, 0.2) is 48.5 Å². The number of hydrogen-bond acceptors (Lipinski definition) is 6. The van der Waals surface area contributed by atoms with E-state index in [-0.39, 0.29) is 17.6 Å². The maximum atomic E-state index is 13.9. The van der Waals surface area contributed by atoms with E-state index in [1.165, 1.54) is 32.4 Å². The summed E-state index contributed by atoms with van der Waals surface area (Å²) in [5.41, 5.74) is 3.48. The van der Waals surface area contributed by atoms with Gasteiger partial charge in [0.05, 0.1) is 12.8 Å². The van der Waals surface area contributed by atoms with E-state index in [1.54, 1.807) is 18.1 Å². The molecule has 0 aliphatic carbocycles. The molecule has 226 valence electrons. The molecule has 4 aromatic rings. The van der Waals surface area contributed by atoms with Crippen molar-refractivity contribution >= 4 is 44.9 Å². The number of alkyl halides is 1. The number of H-pyrrole nitrogens is 1.